The van der Waals surface area contributed by atoms with Crippen LogP contribution in [0.5, 0.6) is 5.75 Å². The van der Waals surface area contributed by atoms with Crippen molar-refractivity contribution in [3.63, 3.8) is 0 Å². The van der Waals surface area contributed by atoms with Crippen LogP contribution in [-0.2, 0) is 26.2 Å². The van der Waals surface area contributed by atoms with Crippen molar-refractivity contribution >= 4 is 33.2 Å². The standard InChI is InChI=1S/C29H34N4O7S/c1-5-17-30-29(35)22(3)31(19-23-9-7-6-8-10-23)28(34)20-32(24-12-14-25(40-4)15-13-24)41(38,39)26-16-11-21(2)27(18-26)33(36)37/h6-16,18,22H,5,17,19-20H2,1-4H3,(H,30,35)/t22-/m0/s1. The van der Waals surface area contributed by atoms with Gasteiger partial charge in [0.1, 0.15) is 18.3 Å². The number of ether oxygens (including phenoxy) is 1. The predicted octanol–water partition coefficient (Wildman–Crippen LogP) is 4.05. The lowest BCUT2D eigenvalue weighted by molar-refractivity contribution is -0.385. The first-order valence-corrected chi connectivity index (χ1v) is 14.5. The van der Waals surface area contributed by atoms with E-state index in [4.69, 9.17) is 4.74 Å². The third-order valence-corrected chi connectivity index (χ3v) is 8.29. The van der Waals surface area contributed by atoms with Gasteiger partial charge in [-0.3, -0.25) is 24.0 Å². The number of benzene rings is 3. The fourth-order valence-electron chi connectivity index (χ4n) is 4.11. The number of aryl methyl sites for hydroxylation is 1. The quantitative estimate of drug-likeness (QED) is 0.237. The minimum absolute atomic E-state index is 0.0624. The highest BCUT2D eigenvalue weighted by Gasteiger charge is 2.33. The first kappa shape index (κ1) is 31.1. The minimum Gasteiger partial charge on any atom is -0.497 e. The van der Waals surface area contributed by atoms with Crippen LogP contribution >= 0.6 is 0 Å². The largest absolute Gasteiger partial charge is 0.497 e. The van der Waals surface area contributed by atoms with E-state index in [9.17, 15) is 28.1 Å². The summed E-state index contributed by atoms with van der Waals surface area (Å²) in [5.74, 6) is -0.534. The van der Waals surface area contributed by atoms with Crippen molar-refractivity contribution in [3.05, 3.63) is 94.0 Å². The van der Waals surface area contributed by atoms with Crippen LogP contribution in [0.3, 0.4) is 0 Å². The molecule has 0 aromatic heterocycles. The van der Waals surface area contributed by atoms with Gasteiger partial charge in [0.15, 0.2) is 0 Å². The van der Waals surface area contributed by atoms with Gasteiger partial charge in [-0.05, 0) is 56.2 Å². The second-order valence-electron chi connectivity index (χ2n) is 9.39. The highest BCUT2D eigenvalue weighted by molar-refractivity contribution is 7.92. The molecule has 0 aliphatic rings. The fraction of sp³-hybridized carbons (Fsp3) is 0.310. The second-order valence-corrected chi connectivity index (χ2v) is 11.3. The maximum Gasteiger partial charge on any atom is 0.273 e. The van der Waals surface area contributed by atoms with Crippen LogP contribution < -0.4 is 14.4 Å². The molecule has 0 spiro atoms. The number of sulfonamides is 1. The topological polar surface area (TPSA) is 139 Å². The molecule has 1 atom stereocenters. The summed E-state index contributed by atoms with van der Waals surface area (Å²) in [7, 11) is -3.00. The summed E-state index contributed by atoms with van der Waals surface area (Å²) in [5, 5.41) is 14.3. The van der Waals surface area contributed by atoms with E-state index in [0.29, 0.717) is 24.3 Å². The van der Waals surface area contributed by atoms with E-state index < -0.39 is 33.4 Å². The molecule has 3 aromatic rings. The maximum absolute atomic E-state index is 14.0. The van der Waals surface area contributed by atoms with Gasteiger partial charge in [-0.15, -0.1) is 0 Å². The van der Waals surface area contributed by atoms with Crippen molar-refractivity contribution < 1.29 is 27.7 Å². The molecule has 12 heteroatoms. The molecule has 0 radical (unpaired) electrons. The fourth-order valence-corrected chi connectivity index (χ4v) is 5.54. The molecule has 3 rings (SSSR count). The molecule has 41 heavy (non-hydrogen) atoms. The number of carbonyl (C=O) groups is 2. The molecule has 11 nitrogen and oxygen atoms in total. The monoisotopic (exact) mass is 582 g/mol. The smallest absolute Gasteiger partial charge is 0.273 e. The second kappa shape index (κ2) is 13.8. The summed E-state index contributed by atoms with van der Waals surface area (Å²) < 4.78 is 34.0. The number of hydrogen-bond donors (Lipinski definition) is 1. The van der Waals surface area contributed by atoms with Crippen LogP contribution in [-0.4, -0.2) is 56.3 Å². The van der Waals surface area contributed by atoms with Gasteiger partial charge >= 0.3 is 0 Å². The minimum atomic E-state index is -4.47. The number of anilines is 1. The van der Waals surface area contributed by atoms with Gasteiger partial charge in [-0.2, -0.15) is 0 Å². The number of nitrogens with zero attached hydrogens (tertiary/aromatic N) is 3. The zero-order valence-corrected chi connectivity index (χ0v) is 24.3. The Balaban J connectivity index is 2.07. The molecular formula is C29H34N4O7S. The van der Waals surface area contributed by atoms with E-state index in [0.717, 1.165) is 15.9 Å². The molecule has 3 aromatic carbocycles. The van der Waals surface area contributed by atoms with Gasteiger partial charge in [-0.25, -0.2) is 8.42 Å². The lowest BCUT2D eigenvalue weighted by atomic mass is 10.1. The van der Waals surface area contributed by atoms with Gasteiger partial charge in [0.25, 0.3) is 15.7 Å². The Kier molecular flexibility index (Phi) is 10.4. The molecule has 218 valence electrons. The summed E-state index contributed by atoms with van der Waals surface area (Å²) in [5.41, 5.74) is 0.829. The first-order chi connectivity index (χ1) is 19.5. The van der Waals surface area contributed by atoms with Crippen molar-refractivity contribution in [2.24, 2.45) is 0 Å². The zero-order chi connectivity index (χ0) is 30.2. The Labute approximate surface area is 239 Å². The van der Waals surface area contributed by atoms with Gasteiger partial charge in [0.2, 0.25) is 11.8 Å². The normalized spacial score (nSPS) is 11.8. The maximum atomic E-state index is 14.0. The van der Waals surface area contributed by atoms with Crippen molar-refractivity contribution in [2.75, 3.05) is 24.5 Å². The van der Waals surface area contributed by atoms with Crippen molar-refractivity contribution in [1.29, 1.82) is 0 Å². The van der Waals surface area contributed by atoms with E-state index in [1.165, 1.54) is 43.2 Å². The molecular weight excluding hydrogens is 548 g/mol. The van der Waals surface area contributed by atoms with Crippen LogP contribution in [0.15, 0.2) is 77.7 Å². The number of amides is 2. The van der Waals surface area contributed by atoms with E-state index in [1.54, 1.807) is 43.3 Å². The Morgan fingerprint density at radius 2 is 1.71 bits per heavy atom. The number of nitro benzene ring substituents is 1. The molecule has 0 aliphatic carbocycles. The van der Waals surface area contributed by atoms with E-state index in [2.05, 4.69) is 5.32 Å². The Morgan fingerprint density at radius 1 is 1.05 bits per heavy atom. The third-order valence-electron chi connectivity index (χ3n) is 6.52. The molecule has 1 N–H and O–H groups in total. The predicted molar refractivity (Wildman–Crippen MR) is 155 cm³/mol. The van der Waals surface area contributed by atoms with Gasteiger partial charge < -0.3 is 15.0 Å². The molecule has 0 bridgehead atoms. The molecule has 0 fully saturated rings. The van der Waals surface area contributed by atoms with Crippen molar-refractivity contribution in [3.8, 4) is 5.75 Å². The van der Waals surface area contributed by atoms with E-state index >= 15 is 0 Å². The summed E-state index contributed by atoms with van der Waals surface area (Å²) in [6.07, 6.45) is 0.706. The molecule has 2 amide bonds. The number of nitrogens with one attached hydrogen (secondary N) is 1. The van der Waals surface area contributed by atoms with E-state index in [-0.39, 0.29) is 28.7 Å². The van der Waals surface area contributed by atoms with Crippen LogP contribution in [0, 0.1) is 17.0 Å². The molecule has 0 saturated heterocycles. The number of hydrogen-bond acceptors (Lipinski definition) is 7. The van der Waals surface area contributed by atoms with Crippen LogP contribution in [0.25, 0.3) is 0 Å². The SMILES string of the molecule is CCCNC(=O)[C@H](C)N(Cc1ccccc1)C(=O)CN(c1ccc(OC)cc1)S(=O)(=O)c1ccc(C)c([N+](=O)[O-])c1. The zero-order valence-electron chi connectivity index (χ0n) is 23.4. The Bertz CT molecular complexity index is 1480. The molecule has 0 heterocycles. The molecule has 0 unspecified atom stereocenters. The molecule has 0 aliphatic heterocycles. The highest BCUT2D eigenvalue weighted by Crippen LogP contribution is 2.29. The number of nitro groups is 1. The summed E-state index contributed by atoms with van der Waals surface area (Å²) in [6, 6.07) is 17.8. The number of carbonyl (C=O) groups excluding carboxylic acids is 2. The van der Waals surface area contributed by atoms with Crippen LogP contribution in [0.1, 0.15) is 31.4 Å². The molecule has 0 saturated carbocycles. The summed E-state index contributed by atoms with van der Waals surface area (Å²) in [4.78, 5) is 38.7. The van der Waals surface area contributed by atoms with Crippen molar-refractivity contribution in [1.82, 2.24) is 10.2 Å². The van der Waals surface area contributed by atoms with E-state index in [1.807, 2.05) is 13.0 Å². The summed E-state index contributed by atoms with van der Waals surface area (Å²) in [6.45, 7) is 4.83. The average molecular weight is 583 g/mol. The first-order valence-electron chi connectivity index (χ1n) is 13.0. The average Bonchev–Trinajstić information content (AvgIpc) is 2.97. The van der Waals surface area contributed by atoms with Gasteiger partial charge in [-0.1, -0.05) is 43.3 Å². The number of rotatable bonds is 13. The number of methoxy groups -OCH3 is 1. The summed E-state index contributed by atoms with van der Waals surface area (Å²) >= 11 is 0. The lowest BCUT2D eigenvalue weighted by Crippen LogP contribution is -2.51. The van der Waals surface area contributed by atoms with Crippen LogP contribution in [0.4, 0.5) is 11.4 Å². The van der Waals surface area contributed by atoms with Gasteiger partial charge in [0.05, 0.1) is 22.6 Å². The van der Waals surface area contributed by atoms with Gasteiger partial charge in [0, 0.05) is 24.7 Å². The highest BCUT2D eigenvalue weighted by atomic mass is 32.2. The Morgan fingerprint density at radius 3 is 2.29 bits per heavy atom. The van der Waals surface area contributed by atoms with Crippen LogP contribution in [0.2, 0.25) is 0 Å². The van der Waals surface area contributed by atoms with Crippen molar-refractivity contribution in [2.45, 2.75) is 44.7 Å². The lowest BCUT2D eigenvalue weighted by Gasteiger charge is -2.32. The third kappa shape index (κ3) is 7.60. The Hall–Kier alpha value is -4.45.